The van der Waals surface area contributed by atoms with Crippen molar-refractivity contribution in [2.24, 2.45) is 12.0 Å². The minimum atomic E-state index is 0.809. The van der Waals surface area contributed by atoms with Crippen LogP contribution in [0.15, 0.2) is 17.1 Å². The standard InChI is InChI=1S/C16H25N5S/c1-11-6-7-14(22-11)10-19-16(17-4)18-9-8-15-12(2)20-21(5)13(15)3/h6-7H,8-10H2,1-5H3,(H2,17,18,19). The van der Waals surface area contributed by atoms with Crippen LogP contribution in [0.2, 0.25) is 0 Å². The number of hydrogen-bond acceptors (Lipinski definition) is 3. The fourth-order valence-electron chi connectivity index (χ4n) is 2.46. The van der Waals surface area contributed by atoms with E-state index in [0.717, 1.165) is 31.2 Å². The number of nitrogens with zero attached hydrogens (tertiary/aromatic N) is 3. The molecule has 0 spiro atoms. The molecule has 0 unspecified atom stereocenters. The molecule has 0 saturated heterocycles. The minimum absolute atomic E-state index is 0.809. The van der Waals surface area contributed by atoms with Crippen molar-refractivity contribution in [2.75, 3.05) is 13.6 Å². The van der Waals surface area contributed by atoms with E-state index in [1.54, 1.807) is 7.05 Å². The second kappa shape index (κ2) is 7.45. The molecule has 2 N–H and O–H groups in total. The lowest BCUT2D eigenvalue weighted by atomic mass is 10.1. The zero-order valence-electron chi connectivity index (χ0n) is 14.0. The number of rotatable bonds is 5. The monoisotopic (exact) mass is 319 g/mol. The minimum Gasteiger partial charge on any atom is -0.356 e. The van der Waals surface area contributed by atoms with Crippen LogP contribution in [0.1, 0.15) is 26.7 Å². The van der Waals surface area contributed by atoms with Gasteiger partial charge in [0.15, 0.2) is 5.96 Å². The molecule has 0 saturated carbocycles. The molecular weight excluding hydrogens is 294 g/mol. The molecule has 2 heterocycles. The summed E-state index contributed by atoms with van der Waals surface area (Å²) < 4.78 is 1.94. The number of aryl methyl sites for hydroxylation is 3. The van der Waals surface area contributed by atoms with Gasteiger partial charge in [-0.15, -0.1) is 11.3 Å². The number of thiophene rings is 1. The van der Waals surface area contributed by atoms with E-state index in [4.69, 9.17) is 0 Å². The maximum Gasteiger partial charge on any atom is 0.191 e. The SMILES string of the molecule is CN=C(NCCc1c(C)nn(C)c1C)NCc1ccc(C)s1. The highest BCUT2D eigenvalue weighted by atomic mass is 32.1. The van der Waals surface area contributed by atoms with Crippen LogP contribution in [-0.2, 0) is 20.0 Å². The number of nitrogens with one attached hydrogen (secondary N) is 2. The zero-order valence-corrected chi connectivity index (χ0v) is 14.8. The topological polar surface area (TPSA) is 54.2 Å². The van der Waals surface area contributed by atoms with Gasteiger partial charge in [-0.3, -0.25) is 9.67 Å². The average molecular weight is 319 g/mol. The van der Waals surface area contributed by atoms with Gasteiger partial charge in [0.25, 0.3) is 0 Å². The Balaban J connectivity index is 1.81. The molecule has 0 radical (unpaired) electrons. The normalized spacial score (nSPS) is 11.8. The Bertz CT molecular complexity index is 654. The van der Waals surface area contributed by atoms with Gasteiger partial charge >= 0.3 is 0 Å². The van der Waals surface area contributed by atoms with E-state index in [1.807, 2.05) is 23.1 Å². The molecule has 2 rings (SSSR count). The third kappa shape index (κ3) is 4.10. The first-order chi connectivity index (χ1) is 10.5. The van der Waals surface area contributed by atoms with E-state index in [-0.39, 0.29) is 0 Å². The number of guanidine groups is 1. The van der Waals surface area contributed by atoms with Crippen LogP contribution in [-0.4, -0.2) is 29.3 Å². The first-order valence-corrected chi connectivity index (χ1v) is 8.31. The Kier molecular flexibility index (Phi) is 5.60. The van der Waals surface area contributed by atoms with E-state index in [9.17, 15) is 0 Å². The molecule has 0 aliphatic heterocycles. The fourth-order valence-corrected chi connectivity index (χ4v) is 3.29. The van der Waals surface area contributed by atoms with E-state index in [2.05, 4.69) is 53.6 Å². The summed E-state index contributed by atoms with van der Waals surface area (Å²) >= 11 is 1.81. The van der Waals surface area contributed by atoms with Gasteiger partial charge in [-0.2, -0.15) is 5.10 Å². The summed E-state index contributed by atoms with van der Waals surface area (Å²) in [5, 5.41) is 11.2. The predicted molar refractivity (Wildman–Crippen MR) is 93.6 cm³/mol. The highest BCUT2D eigenvalue weighted by molar-refractivity contribution is 7.11. The Morgan fingerprint density at radius 3 is 2.59 bits per heavy atom. The van der Waals surface area contributed by atoms with Gasteiger partial charge in [-0.1, -0.05) is 0 Å². The molecule has 6 heteroatoms. The van der Waals surface area contributed by atoms with E-state index < -0.39 is 0 Å². The van der Waals surface area contributed by atoms with Crippen molar-refractivity contribution in [3.05, 3.63) is 38.8 Å². The lowest BCUT2D eigenvalue weighted by Crippen LogP contribution is -2.37. The molecule has 0 fully saturated rings. The zero-order chi connectivity index (χ0) is 16.1. The van der Waals surface area contributed by atoms with Crippen molar-refractivity contribution >= 4 is 17.3 Å². The van der Waals surface area contributed by atoms with Crippen LogP contribution in [0.25, 0.3) is 0 Å². The van der Waals surface area contributed by atoms with Crippen LogP contribution in [0.3, 0.4) is 0 Å². The lowest BCUT2D eigenvalue weighted by Gasteiger charge is -2.11. The van der Waals surface area contributed by atoms with Crippen molar-refractivity contribution in [3.8, 4) is 0 Å². The summed E-state index contributed by atoms with van der Waals surface area (Å²) in [6.07, 6.45) is 0.949. The summed E-state index contributed by atoms with van der Waals surface area (Å²) in [5.41, 5.74) is 3.66. The average Bonchev–Trinajstić information content (AvgIpc) is 3.00. The number of hydrogen-bond donors (Lipinski definition) is 2. The Morgan fingerprint density at radius 1 is 1.27 bits per heavy atom. The smallest absolute Gasteiger partial charge is 0.191 e. The fraction of sp³-hybridized carbons (Fsp3) is 0.500. The summed E-state index contributed by atoms with van der Waals surface area (Å²) in [6.45, 7) is 7.95. The molecule has 2 aromatic heterocycles. The van der Waals surface area contributed by atoms with Crippen molar-refractivity contribution in [3.63, 3.8) is 0 Å². The van der Waals surface area contributed by atoms with Crippen LogP contribution in [0, 0.1) is 20.8 Å². The molecule has 2 aromatic rings. The lowest BCUT2D eigenvalue weighted by molar-refractivity contribution is 0.729. The Labute approximate surface area is 136 Å². The van der Waals surface area contributed by atoms with Gasteiger partial charge < -0.3 is 10.6 Å². The molecule has 0 bridgehead atoms. The molecule has 0 atom stereocenters. The van der Waals surface area contributed by atoms with Crippen molar-refractivity contribution in [1.82, 2.24) is 20.4 Å². The van der Waals surface area contributed by atoms with Crippen LogP contribution in [0.4, 0.5) is 0 Å². The van der Waals surface area contributed by atoms with E-state index >= 15 is 0 Å². The molecule has 0 aliphatic rings. The van der Waals surface area contributed by atoms with Crippen LogP contribution < -0.4 is 10.6 Å². The molecule has 0 aromatic carbocycles. The van der Waals surface area contributed by atoms with Gasteiger partial charge in [0.05, 0.1) is 12.2 Å². The second-order valence-corrected chi connectivity index (χ2v) is 6.76. The quantitative estimate of drug-likeness (QED) is 0.657. The van der Waals surface area contributed by atoms with Gasteiger partial charge in [0.2, 0.25) is 0 Å². The number of aromatic nitrogens is 2. The Morgan fingerprint density at radius 2 is 2.05 bits per heavy atom. The third-order valence-corrected chi connectivity index (χ3v) is 4.78. The summed E-state index contributed by atoms with van der Waals surface area (Å²) in [5.74, 6) is 0.838. The van der Waals surface area contributed by atoms with Gasteiger partial charge in [-0.25, -0.2) is 0 Å². The van der Waals surface area contributed by atoms with Gasteiger partial charge in [-0.05, 0) is 44.9 Å². The maximum atomic E-state index is 4.45. The number of aliphatic imine (C=N–C) groups is 1. The molecule has 120 valence electrons. The molecule has 5 nitrogen and oxygen atoms in total. The van der Waals surface area contributed by atoms with Crippen molar-refractivity contribution in [2.45, 2.75) is 33.7 Å². The van der Waals surface area contributed by atoms with Crippen molar-refractivity contribution < 1.29 is 0 Å². The first kappa shape index (κ1) is 16.5. The van der Waals surface area contributed by atoms with E-state index in [0.29, 0.717) is 0 Å². The third-order valence-electron chi connectivity index (χ3n) is 3.78. The highest BCUT2D eigenvalue weighted by Gasteiger charge is 2.09. The second-order valence-electron chi connectivity index (χ2n) is 5.39. The summed E-state index contributed by atoms with van der Waals surface area (Å²) in [6, 6.07) is 4.30. The maximum absolute atomic E-state index is 4.45. The van der Waals surface area contributed by atoms with Gasteiger partial charge in [0, 0.05) is 36.1 Å². The molecule has 0 amide bonds. The van der Waals surface area contributed by atoms with Crippen molar-refractivity contribution in [1.29, 1.82) is 0 Å². The summed E-state index contributed by atoms with van der Waals surface area (Å²) in [4.78, 5) is 6.92. The predicted octanol–water partition coefficient (Wildman–Crippen LogP) is 2.31. The van der Waals surface area contributed by atoms with E-state index in [1.165, 1.54) is 21.0 Å². The summed E-state index contributed by atoms with van der Waals surface area (Å²) in [7, 11) is 3.79. The first-order valence-electron chi connectivity index (χ1n) is 7.50. The Hall–Kier alpha value is -1.82. The van der Waals surface area contributed by atoms with Crippen LogP contribution in [0.5, 0.6) is 0 Å². The molecule has 22 heavy (non-hydrogen) atoms. The van der Waals surface area contributed by atoms with Gasteiger partial charge in [0.1, 0.15) is 0 Å². The van der Waals surface area contributed by atoms with Crippen LogP contribution >= 0.6 is 11.3 Å². The largest absolute Gasteiger partial charge is 0.356 e. The molecule has 0 aliphatic carbocycles. The highest BCUT2D eigenvalue weighted by Crippen LogP contribution is 2.14. The molecular formula is C16H25N5S.